The maximum Gasteiger partial charge on any atom is 0.317 e. The third-order valence-electron chi connectivity index (χ3n) is 2.94. The SMILES string of the molecule is O=NC(=O)c1cccc2c1ccn2-c1ccccn1. The predicted octanol–water partition coefficient (Wildman–Crippen LogP) is 2.93. The van der Waals surface area contributed by atoms with Crippen LogP contribution in [0.4, 0.5) is 0 Å². The van der Waals surface area contributed by atoms with E-state index in [1.54, 1.807) is 24.4 Å². The number of pyridine rings is 1. The molecule has 0 aliphatic rings. The van der Waals surface area contributed by atoms with Crippen molar-refractivity contribution >= 4 is 16.8 Å². The van der Waals surface area contributed by atoms with Gasteiger partial charge in [0.1, 0.15) is 5.82 Å². The number of hydrogen-bond donors (Lipinski definition) is 0. The quantitative estimate of drug-likeness (QED) is 0.658. The van der Waals surface area contributed by atoms with Gasteiger partial charge in [-0.3, -0.25) is 4.79 Å². The number of rotatable bonds is 2. The average molecular weight is 251 g/mol. The fourth-order valence-electron chi connectivity index (χ4n) is 2.10. The van der Waals surface area contributed by atoms with E-state index in [0.717, 1.165) is 11.3 Å². The molecule has 1 amide bonds. The Morgan fingerprint density at radius 3 is 2.74 bits per heavy atom. The first-order chi connectivity index (χ1) is 9.31. The van der Waals surface area contributed by atoms with Gasteiger partial charge in [-0.25, -0.2) is 4.98 Å². The van der Waals surface area contributed by atoms with Gasteiger partial charge in [0.15, 0.2) is 0 Å². The van der Waals surface area contributed by atoms with Crippen LogP contribution in [0.3, 0.4) is 0 Å². The van der Waals surface area contributed by atoms with Crippen LogP contribution in [0.25, 0.3) is 16.7 Å². The molecule has 92 valence electrons. The zero-order chi connectivity index (χ0) is 13.2. The molecule has 0 bridgehead atoms. The Labute approximate surface area is 108 Å². The standard InChI is InChI=1S/C14H9N3O2/c18-14(16-19)11-4-3-5-12-10(11)7-9-17(12)13-6-1-2-8-15-13/h1-9H. The minimum Gasteiger partial charge on any atom is -0.301 e. The Hall–Kier alpha value is -2.82. The van der Waals surface area contributed by atoms with Gasteiger partial charge in [-0.05, 0) is 30.3 Å². The molecule has 19 heavy (non-hydrogen) atoms. The second-order valence-electron chi connectivity index (χ2n) is 4.01. The molecule has 3 aromatic rings. The molecule has 0 atom stereocenters. The van der Waals surface area contributed by atoms with Crippen molar-refractivity contribution in [2.75, 3.05) is 0 Å². The minimum atomic E-state index is -0.760. The molecule has 0 spiro atoms. The molecule has 0 saturated carbocycles. The highest BCUT2D eigenvalue weighted by molar-refractivity contribution is 6.07. The van der Waals surface area contributed by atoms with Crippen LogP contribution in [0, 0.1) is 4.91 Å². The van der Waals surface area contributed by atoms with Crippen molar-refractivity contribution in [1.82, 2.24) is 9.55 Å². The number of hydrogen-bond acceptors (Lipinski definition) is 3. The molecule has 0 aliphatic heterocycles. The van der Waals surface area contributed by atoms with Crippen LogP contribution in [0.15, 0.2) is 60.0 Å². The summed E-state index contributed by atoms with van der Waals surface area (Å²) in [5, 5.41) is 3.17. The highest BCUT2D eigenvalue weighted by Crippen LogP contribution is 2.23. The van der Waals surface area contributed by atoms with Crippen molar-refractivity contribution in [2.45, 2.75) is 0 Å². The maximum atomic E-state index is 11.5. The van der Waals surface area contributed by atoms with E-state index in [1.165, 1.54) is 0 Å². The largest absolute Gasteiger partial charge is 0.317 e. The van der Waals surface area contributed by atoms with Gasteiger partial charge in [-0.15, -0.1) is 4.91 Å². The van der Waals surface area contributed by atoms with E-state index in [4.69, 9.17) is 0 Å². The number of nitrogens with zero attached hydrogens (tertiary/aromatic N) is 3. The van der Waals surface area contributed by atoms with Crippen LogP contribution in [-0.4, -0.2) is 15.5 Å². The lowest BCUT2D eigenvalue weighted by molar-refractivity contribution is 0.100. The van der Waals surface area contributed by atoms with Crippen LogP contribution >= 0.6 is 0 Å². The molecule has 0 unspecified atom stereocenters. The molecule has 3 rings (SSSR count). The fraction of sp³-hybridized carbons (Fsp3) is 0. The summed E-state index contributed by atoms with van der Waals surface area (Å²) in [7, 11) is 0. The van der Waals surface area contributed by atoms with Gasteiger partial charge < -0.3 is 4.57 Å². The summed E-state index contributed by atoms with van der Waals surface area (Å²) < 4.78 is 1.86. The van der Waals surface area contributed by atoms with Crippen molar-refractivity contribution in [1.29, 1.82) is 0 Å². The first-order valence-electron chi connectivity index (χ1n) is 5.70. The maximum absolute atomic E-state index is 11.5. The van der Waals surface area contributed by atoms with Crippen molar-refractivity contribution in [3.63, 3.8) is 0 Å². The van der Waals surface area contributed by atoms with Gasteiger partial charge in [0, 0.05) is 23.0 Å². The first-order valence-corrected chi connectivity index (χ1v) is 5.70. The number of amides is 1. The van der Waals surface area contributed by atoms with E-state index >= 15 is 0 Å². The second-order valence-corrected chi connectivity index (χ2v) is 4.01. The molecule has 2 aromatic heterocycles. The normalized spacial score (nSPS) is 10.5. The van der Waals surface area contributed by atoms with E-state index in [0.29, 0.717) is 10.9 Å². The lowest BCUT2D eigenvalue weighted by Gasteiger charge is -2.04. The van der Waals surface area contributed by atoms with Gasteiger partial charge in [0.25, 0.3) is 0 Å². The van der Waals surface area contributed by atoms with E-state index in [-0.39, 0.29) is 0 Å². The first kappa shape index (κ1) is 11.3. The van der Waals surface area contributed by atoms with Gasteiger partial charge in [0.2, 0.25) is 0 Å². The Morgan fingerprint density at radius 1 is 1.11 bits per heavy atom. The molecule has 0 radical (unpaired) electrons. The Kier molecular flexibility index (Phi) is 2.64. The highest BCUT2D eigenvalue weighted by atomic mass is 16.3. The van der Waals surface area contributed by atoms with Crippen LogP contribution in [-0.2, 0) is 0 Å². The lowest BCUT2D eigenvalue weighted by atomic mass is 10.1. The Balaban J connectivity index is 2.26. The summed E-state index contributed by atoms with van der Waals surface area (Å²) in [5.74, 6) is -0.00877. The Morgan fingerprint density at radius 2 is 2.00 bits per heavy atom. The van der Waals surface area contributed by atoms with Crippen LogP contribution < -0.4 is 0 Å². The summed E-state index contributed by atoms with van der Waals surface area (Å²) in [6, 6.07) is 12.5. The van der Waals surface area contributed by atoms with Gasteiger partial charge in [-0.2, -0.15) is 0 Å². The third-order valence-corrected chi connectivity index (χ3v) is 2.94. The highest BCUT2D eigenvalue weighted by Gasteiger charge is 2.13. The van der Waals surface area contributed by atoms with Gasteiger partial charge in [-0.1, -0.05) is 12.1 Å². The van der Waals surface area contributed by atoms with Crippen molar-refractivity contribution in [2.24, 2.45) is 5.18 Å². The van der Waals surface area contributed by atoms with E-state index in [1.807, 2.05) is 35.0 Å². The van der Waals surface area contributed by atoms with Crippen LogP contribution in [0.2, 0.25) is 0 Å². The number of carbonyl (C=O) groups is 1. The molecule has 1 aromatic carbocycles. The van der Waals surface area contributed by atoms with Crippen molar-refractivity contribution in [3.8, 4) is 5.82 Å². The molecular formula is C14H9N3O2. The van der Waals surface area contributed by atoms with Crippen LogP contribution in [0.5, 0.6) is 0 Å². The predicted molar refractivity (Wildman–Crippen MR) is 71.2 cm³/mol. The fourth-order valence-corrected chi connectivity index (χ4v) is 2.10. The number of fused-ring (bicyclic) bond motifs is 1. The van der Waals surface area contributed by atoms with E-state index < -0.39 is 5.91 Å². The summed E-state index contributed by atoms with van der Waals surface area (Å²) >= 11 is 0. The smallest absolute Gasteiger partial charge is 0.301 e. The van der Waals surface area contributed by atoms with Crippen molar-refractivity contribution < 1.29 is 4.79 Å². The summed E-state index contributed by atoms with van der Waals surface area (Å²) in [6.07, 6.45) is 3.51. The van der Waals surface area contributed by atoms with Gasteiger partial charge in [0.05, 0.1) is 11.1 Å². The summed E-state index contributed by atoms with van der Waals surface area (Å²) in [4.78, 5) is 26.1. The molecule has 0 aliphatic carbocycles. The Bertz CT molecular complexity index is 763. The summed E-state index contributed by atoms with van der Waals surface area (Å²) in [5.41, 5.74) is 1.12. The topological polar surface area (TPSA) is 64.3 Å². The summed E-state index contributed by atoms with van der Waals surface area (Å²) in [6.45, 7) is 0. The molecule has 5 heteroatoms. The van der Waals surface area contributed by atoms with E-state index in [9.17, 15) is 9.70 Å². The third kappa shape index (κ3) is 1.81. The number of benzene rings is 1. The zero-order valence-corrected chi connectivity index (χ0v) is 9.85. The minimum absolute atomic E-state index is 0.308. The molecule has 0 fully saturated rings. The zero-order valence-electron chi connectivity index (χ0n) is 9.85. The molecule has 5 nitrogen and oxygen atoms in total. The lowest BCUT2D eigenvalue weighted by Crippen LogP contribution is -1.97. The van der Waals surface area contributed by atoms with Crippen LogP contribution in [0.1, 0.15) is 10.4 Å². The number of carbonyl (C=O) groups excluding carboxylic acids is 1. The van der Waals surface area contributed by atoms with Gasteiger partial charge >= 0.3 is 5.91 Å². The molecule has 2 heterocycles. The number of nitroso groups, excluding NO2 is 1. The monoisotopic (exact) mass is 251 g/mol. The average Bonchev–Trinajstić information content (AvgIpc) is 2.91. The molecule has 0 saturated heterocycles. The van der Waals surface area contributed by atoms with Crippen molar-refractivity contribution in [3.05, 3.63) is 65.3 Å². The number of aromatic nitrogens is 2. The molecular weight excluding hydrogens is 242 g/mol. The second kappa shape index (κ2) is 4.45. The van der Waals surface area contributed by atoms with E-state index in [2.05, 4.69) is 10.2 Å². The molecule has 0 N–H and O–H groups in total.